The minimum absolute atomic E-state index is 0.0478. The van der Waals surface area contributed by atoms with E-state index >= 15 is 0 Å². The number of nitrogens with one attached hydrogen (secondary N) is 1. The number of nitrogens with two attached hydrogens (primary N) is 1. The third-order valence-electron chi connectivity index (χ3n) is 2.85. The third kappa shape index (κ3) is 4.49. The first-order chi connectivity index (χ1) is 8.42. The molecule has 18 heavy (non-hydrogen) atoms. The number of benzene rings is 1. The second-order valence-corrected chi connectivity index (χ2v) is 5.30. The summed E-state index contributed by atoms with van der Waals surface area (Å²) in [6, 6.07) is 6.54. The lowest BCUT2D eigenvalue weighted by Gasteiger charge is -2.17. The standard InChI is InChI=1S/C15H24N2O/c1-10(2)17-15(18)14(9-16)8-13-6-11(3)5-12(4)7-13/h5-7,10,14H,8-9,16H2,1-4H3,(H,17,18). The minimum Gasteiger partial charge on any atom is -0.354 e. The molecule has 1 aromatic rings. The monoisotopic (exact) mass is 248 g/mol. The van der Waals surface area contributed by atoms with Crippen molar-refractivity contribution in [3.8, 4) is 0 Å². The Morgan fingerprint density at radius 3 is 2.22 bits per heavy atom. The zero-order chi connectivity index (χ0) is 13.7. The smallest absolute Gasteiger partial charge is 0.224 e. The zero-order valence-corrected chi connectivity index (χ0v) is 11.8. The maximum Gasteiger partial charge on any atom is 0.224 e. The van der Waals surface area contributed by atoms with E-state index in [2.05, 4.69) is 37.4 Å². The summed E-state index contributed by atoms with van der Waals surface area (Å²) >= 11 is 0. The van der Waals surface area contributed by atoms with Crippen molar-refractivity contribution in [2.75, 3.05) is 6.54 Å². The van der Waals surface area contributed by atoms with E-state index in [0.717, 1.165) is 0 Å². The summed E-state index contributed by atoms with van der Waals surface area (Å²) in [5.41, 5.74) is 9.35. The highest BCUT2D eigenvalue weighted by molar-refractivity contribution is 5.79. The highest BCUT2D eigenvalue weighted by atomic mass is 16.1. The van der Waals surface area contributed by atoms with Crippen LogP contribution in [0, 0.1) is 19.8 Å². The van der Waals surface area contributed by atoms with Crippen LogP contribution in [0.15, 0.2) is 18.2 Å². The fourth-order valence-corrected chi connectivity index (χ4v) is 2.16. The molecule has 1 rings (SSSR count). The molecule has 0 aromatic heterocycles. The topological polar surface area (TPSA) is 55.1 Å². The van der Waals surface area contributed by atoms with Gasteiger partial charge in [-0.1, -0.05) is 29.3 Å². The van der Waals surface area contributed by atoms with Crippen LogP contribution in [0.4, 0.5) is 0 Å². The van der Waals surface area contributed by atoms with Gasteiger partial charge < -0.3 is 11.1 Å². The summed E-state index contributed by atoms with van der Waals surface area (Å²) < 4.78 is 0. The van der Waals surface area contributed by atoms with Gasteiger partial charge in [0.2, 0.25) is 5.91 Å². The lowest BCUT2D eigenvalue weighted by Crippen LogP contribution is -2.39. The van der Waals surface area contributed by atoms with Crippen molar-refractivity contribution in [2.24, 2.45) is 11.7 Å². The van der Waals surface area contributed by atoms with Crippen LogP contribution >= 0.6 is 0 Å². The summed E-state index contributed by atoms with van der Waals surface area (Å²) in [6.45, 7) is 8.44. The molecular formula is C15H24N2O. The van der Waals surface area contributed by atoms with Gasteiger partial charge >= 0.3 is 0 Å². The molecule has 0 aliphatic heterocycles. The Bertz CT molecular complexity index is 393. The molecule has 3 nitrogen and oxygen atoms in total. The lowest BCUT2D eigenvalue weighted by atomic mass is 9.96. The van der Waals surface area contributed by atoms with Gasteiger partial charge in [-0.05, 0) is 39.7 Å². The average molecular weight is 248 g/mol. The van der Waals surface area contributed by atoms with Crippen LogP contribution < -0.4 is 11.1 Å². The third-order valence-corrected chi connectivity index (χ3v) is 2.85. The quantitative estimate of drug-likeness (QED) is 0.836. The molecule has 0 aliphatic rings. The Morgan fingerprint density at radius 2 is 1.78 bits per heavy atom. The highest BCUT2D eigenvalue weighted by Crippen LogP contribution is 2.13. The van der Waals surface area contributed by atoms with Gasteiger partial charge in [0, 0.05) is 12.6 Å². The summed E-state index contributed by atoms with van der Waals surface area (Å²) in [7, 11) is 0. The van der Waals surface area contributed by atoms with Crippen molar-refractivity contribution in [3.05, 3.63) is 34.9 Å². The fraction of sp³-hybridized carbons (Fsp3) is 0.533. The van der Waals surface area contributed by atoms with Gasteiger partial charge in [-0.15, -0.1) is 0 Å². The first-order valence-corrected chi connectivity index (χ1v) is 6.50. The van der Waals surface area contributed by atoms with Crippen LogP contribution in [0.3, 0.4) is 0 Å². The van der Waals surface area contributed by atoms with Crippen molar-refractivity contribution in [1.82, 2.24) is 5.32 Å². The van der Waals surface area contributed by atoms with Gasteiger partial charge in [-0.2, -0.15) is 0 Å². The molecule has 1 unspecified atom stereocenters. The second-order valence-electron chi connectivity index (χ2n) is 5.30. The lowest BCUT2D eigenvalue weighted by molar-refractivity contribution is -0.125. The first-order valence-electron chi connectivity index (χ1n) is 6.50. The fourth-order valence-electron chi connectivity index (χ4n) is 2.16. The molecule has 3 heteroatoms. The molecule has 0 saturated heterocycles. The van der Waals surface area contributed by atoms with E-state index in [1.165, 1.54) is 16.7 Å². The van der Waals surface area contributed by atoms with E-state index in [4.69, 9.17) is 5.73 Å². The predicted octanol–water partition coefficient (Wildman–Crippen LogP) is 1.95. The van der Waals surface area contributed by atoms with E-state index in [-0.39, 0.29) is 17.9 Å². The number of aryl methyl sites for hydroxylation is 2. The number of amides is 1. The van der Waals surface area contributed by atoms with Gasteiger partial charge in [0.15, 0.2) is 0 Å². The predicted molar refractivity (Wildman–Crippen MR) is 75.4 cm³/mol. The molecule has 0 spiro atoms. The van der Waals surface area contributed by atoms with Crippen LogP contribution in [0.2, 0.25) is 0 Å². The second kappa shape index (κ2) is 6.55. The van der Waals surface area contributed by atoms with Crippen LogP contribution in [0.5, 0.6) is 0 Å². The average Bonchev–Trinajstić information content (AvgIpc) is 2.23. The molecule has 0 saturated carbocycles. The zero-order valence-electron chi connectivity index (χ0n) is 11.8. The van der Waals surface area contributed by atoms with Crippen LogP contribution in [-0.2, 0) is 11.2 Å². The number of hydrogen-bond donors (Lipinski definition) is 2. The molecule has 0 fully saturated rings. The van der Waals surface area contributed by atoms with E-state index < -0.39 is 0 Å². The van der Waals surface area contributed by atoms with Crippen LogP contribution in [0.1, 0.15) is 30.5 Å². The maximum absolute atomic E-state index is 12.0. The number of rotatable bonds is 5. The molecule has 0 aliphatic carbocycles. The molecule has 1 atom stereocenters. The van der Waals surface area contributed by atoms with Gasteiger partial charge in [0.05, 0.1) is 5.92 Å². The summed E-state index contributed by atoms with van der Waals surface area (Å²) in [4.78, 5) is 12.0. The van der Waals surface area contributed by atoms with Gasteiger partial charge in [0.1, 0.15) is 0 Å². The highest BCUT2D eigenvalue weighted by Gasteiger charge is 2.18. The van der Waals surface area contributed by atoms with Gasteiger partial charge in [-0.25, -0.2) is 0 Å². The molecular weight excluding hydrogens is 224 g/mol. The largest absolute Gasteiger partial charge is 0.354 e. The van der Waals surface area contributed by atoms with E-state index in [1.807, 2.05) is 13.8 Å². The normalized spacial score (nSPS) is 12.6. The Labute approximate surface area is 110 Å². The molecule has 1 amide bonds. The molecule has 100 valence electrons. The van der Waals surface area contributed by atoms with Crippen molar-refractivity contribution in [2.45, 2.75) is 40.2 Å². The van der Waals surface area contributed by atoms with Crippen molar-refractivity contribution >= 4 is 5.91 Å². The van der Waals surface area contributed by atoms with Crippen LogP contribution in [-0.4, -0.2) is 18.5 Å². The van der Waals surface area contributed by atoms with Gasteiger partial charge in [-0.3, -0.25) is 4.79 Å². The summed E-state index contributed by atoms with van der Waals surface area (Å²) in [6.07, 6.45) is 0.706. The number of hydrogen-bond acceptors (Lipinski definition) is 2. The number of carbonyl (C=O) groups is 1. The molecule has 0 heterocycles. The number of carbonyl (C=O) groups excluding carboxylic acids is 1. The Kier molecular flexibility index (Phi) is 5.35. The summed E-state index contributed by atoms with van der Waals surface area (Å²) in [5, 5.41) is 2.92. The van der Waals surface area contributed by atoms with Crippen LogP contribution in [0.25, 0.3) is 0 Å². The van der Waals surface area contributed by atoms with Crippen molar-refractivity contribution in [1.29, 1.82) is 0 Å². The Morgan fingerprint density at radius 1 is 1.22 bits per heavy atom. The Hall–Kier alpha value is -1.35. The minimum atomic E-state index is -0.145. The van der Waals surface area contributed by atoms with E-state index in [1.54, 1.807) is 0 Å². The van der Waals surface area contributed by atoms with E-state index in [9.17, 15) is 4.79 Å². The molecule has 0 radical (unpaired) electrons. The van der Waals surface area contributed by atoms with Gasteiger partial charge in [0.25, 0.3) is 0 Å². The van der Waals surface area contributed by atoms with Crippen molar-refractivity contribution < 1.29 is 4.79 Å². The summed E-state index contributed by atoms with van der Waals surface area (Å²) in [5.74, 6) is -0.0970. The van der Waals surface area contributed by atoms with E-state index in [0.29, 0.717) is 13.0 Å². The first kappa shape index (κ1) is 14.7. The Balaban J connectivity index is 2.76. The maximum atomic E-state index is 12.0. The molecule has 1 aromatic carbocycles. The SMILES string of the molecule is Cc1cc(C)cc(CC(CN)C(=O)NC(C)C)c1. The molecule has 0 bridgehead atoms. The van der Waals surface area contributed by atoms with Crippen molar-refractivity contribution in [3.63, 3.8) is 0 Å². The molecule has 3 N–H and O–H groups in total.